The van der Waals surface area contributed by atoms with Crippen LogP contribution >= 0.6 is 45.8 Å². The molecule has 15 heteroatoms. The Balaban J connectivity index is 0.000000192. The molecular weight excluding hydrogens is 832 g/mol. The molecule has 6 rings (SSSR count). The quantitative estimate of drug-likeness (QED) is 0.101. The Morgan fingerprint density at radius 2 is 1.06 bits per heavy atom. The first-order valence-electron chi connectivity index (χ1n) is 14.1. The number of nitrogens with zero attached hydrogens (tertiary/aromatic N) is 4. The van der Waals surface area contributed by atoms with Gasteiger partial charge in [0.2, 0.25) is 0 Å². The summed E-state index contributed by atoms with van der Waals surface area (Å²) in [4.78, 5) is 0. The van der Waals surface area contributed by atoms with Crippen LogP contribution in [0.2, 0.25) is 10.0 Å². The SMILES string of the molecule is C#Cc1cccc(Cl)c1.FC(F)(F)Oc1ccc(-n2cc(C#Cc3cccc(Cl)c3)cn2)cc1.FC(F)(F)Oc1ccc(-n2cc(I)cn2)cc1. The molecule has 0 saturated heterocycles. The largest absolute Gasteiger partial charge is 0.573 e. The molecular formula is C36H21Cl2F6IN4O2. The summed E-state index contributed by atoms with van der Waals surface area (Å²) in [7, 11) is 0. The van der Waals surface area contributed by atoms with Crippen LogP contribution in [0.5, 0.6) is 11.5 Å². The molecule has 0 aliphatic carbocycles. The highest BCUT2D eigenvalue weighted by Gasteiger charge is 2.31. The maximum absolute atomic E-state index is 12.2. The van der Waals surface area contributed by atoms with E-state index in [9.17, 15) is 26.3 Å². The summed E-state index contributed by atoms with van der Waals surface area (Å²) in [5.41, 5.74) is 3.51. The van der Waals surface area contributed by atoms with Crippen LogP contribution in [-0.2, 0) is 0 Å². The Hall–Kier alpha value is -5.09. The van der Waals surface area contributed by atoms with Gasteiger partial charge in [0.25, 0.3) is 0 Å². The molecule has 0 radical (unpaired) electrons. The van der Waals surface area contributed by atoms with Gasteiger partial charge in [-0.2, -0.15) is 10.2 Å². The first-order valence-corrected chi connectivity index (χ1v) is 16.0. The summed E-state index contributed by atoms with van der Waals surface area (Å²) in [6.45, 7) is 0. The number of halogens is 9. The molecule has 0 atom stereocenters. The minimum atomic E-state index is -4.71. The topological polar surface area (TPSA) is 54.1 Å². The van der Waals surface area contributed by atoms with Crippen LogP contribution in [0.1, 0.15) is 16.7 Å². The Morgan fingerprint density at radius 3 is 1.49 bits per heavy atom. The van der Waals surface area contributed by atoms with Crippen molar-refractivity contribution in [2.75, 3.05) is 0 Å². The van der Waals surface area contributed by atoms with Crippen molar-refractivity contribution in [1.29, 1.82) is 0 Å². The average molecular weight is 853 g/mol. The van der Waals surface area contributed by atoms with E-state index in [-0.39, 0.29) is 11.5 Å². The predicted molar refractivity (Wildman–Crippen MR) is 190 cm³/mol. The number of hydrogen-bond donors (Lipinski definition) is 0. The van der Waals surface area contributed by atoms with Crippen LogP contribution in [0.4, 0.5) is 26.3 Å². The van der Waals surface area contributed by atoms with Gasteiger partial charge in [0.15, 0.2) is 0 Å². The molecule has 0 amide bonds. The van der Waals surface area contributed by atoms with Crippen molar-refractivity contribution in [3.8, 4) is 47.1 Å². The molecule has 0 aliphatic heterocycles. The lowest BCUT2D eigenvalue weighted by Gasteiger charge is -2.09. The number of hydrogen-bond acceptors (Lipinski definition) is 4. The van der Waals surface area contributed by atoms with Crippen LogP contribution in [0.3, 0.4) is 0 Å². The van der Waals surface area contributed by atoms with Gasteiger partial charge in [0, 0.05) is 33.6 Å². The summed E-state index contributed by atoms with van der Waals surface area (Å²) in [5, 5.41) is 9.47. The number of rotatable bonds is 4. The molecule has 2 heterocycles. The molecule has 0 aliphatic rings. The van der Waals surface area contributed by atoms with Crippen LogP contribution in [0, 0.1) is 27.8 Å². The summed E-state index contributed by atoms with van der Waals surface area (Å²) in [6.07, 6.45) is 2.40. The van der Waals surface area contributed by atoms with Crippen LogP contribution < -0.4 is 9.47 Å². The van der Waals surface area contributed by atoms with Crippen molar-refractivity contribution in [3.63, 3.8) is 0 Å². The Morgan fingerprint density at radius 1 is 0.608 bits per heavy atom. The second-order valence-corrected chi connectivity index (χ2v) is 11.9. The van der Waals surface area contributed by atoms with Gasteiger partial charge in [0.05, 0.1) is 32.9 Å². The molecule has 0 N–H and O–H groups in total. The van der Waals surface area contributed by atoms with E-state index in [1.54, 1.807) is 59.8 Å². The van der Waals surface area contributed by atoms with Crippen LogP contribution in [-0.4, -0.2) is 32.3 Å². The maximum Gasteiger partial charge on any atom is 0.573 e. The third-order valence-corrected chi connectivity index (χ3v) is 7.00. The van der Waals surface area contributed by atoms with E-state index in [4.69, 9.17) is 29.6 Å². The molecule has 51 heavy (non-hydrogen) atoms. The predicted octanol–water partition coefficient (Wildman–Crippen LogP) is 10.5. The first kappa shape index (κ1) is 38.7. The Labute approximate surface area is 311 Å². The van der Waals surface area contributed by atoms with E-state index in [0.717, 1.165) is 14.7 Å². The van der Waals surface area contributed by atoms with Gasteiger partial charge >= 0.3 is 12.7 Å². The monoisotopic (exact) mass is 852 g/mol. The number of aromatic nitrogens is 4. The van der Waals surface area contributed by atoms with Crippen molar-refractivity contribution in [1.82, 2.24) is 19.6 Å². The molecule has 2 aromatic heterocycles. The fourth-order valence-electron chi connectivity index (χ4n) is 3.86. The summed E-state index contributed by atoms with van der Waals surface area (Å²) in [5.74, 6) is 7.87. The molecule has 6 aromatic rings. The van der Waals surface area contributed by atoms with Gasteiger partial charge in [-0.15, -0.1) is 32.8 Å². The van der Waals surface area contributed by atoms with Crippen molar-refractivity contribution in [2.24, 2.45) is 0 Å². The summed E-state index contributed by atoms with van der Waals surface area (Å²) < 4.78 is 83.9. The fourth-order valence-corrected chi connectivity index (χ4v) is 4.63. The van der Waals surface area contributed by atoms with Gasteiger partial charge in [-0.1, -0.05) is 53.1 Å². The Bertz CT molecular complexity index is 2150. The minimum absolute atomic E-state index is 0.247. The first-order chi connectivity index (χ1) is 24.2. The van der Waals surface area contributed by atoms with E-state index in [2.05, 4.69) is 60.0 Å². The standard InChI is InChI=1S/C18H10ClF3N2O.C10H6F3IN2O.C8H5Cl/c19-15-3-1-2-13(10-15)4-5-14-11-23-24(12-14)16-6-8-17(9-7-16)25-18(20,21)22;11-10(12,13)17-9-3-1-8(2-4-9)16-6-7(14)5-15-16;1-2-7-4-3-5-8(9)6-7/h1-3,6-12H;1-6H;1,3-6H. The zero-order valence-corrected chi connectivity index (χ0v) is 29.3. The highest BCUT2D eigenvalue weighted by atomic mass is 127. The second-order valence-electron chi connectivity index (χ2n) is 9.78. The Kier molecular flexibility index (Phi) is 13.4. The van der Waals surface area contributed by atoms with Crippen molar-refractivity contribution < 1.29 is 35.8 Å². The van der Waals surface area contributed by atoms with Gasteiger partial charge in [-0.05, 0) is 108 Å². The zero-order valence-electron chi connectivity index (χ0n) is 25.6. The lowest BCUT2D eigenvalue weighted by molar-refractivity contribution is -0.275. The number of terminal acetylenes is 1. The van der Waals surface area contributed by atoms with Crippen LogP contribution in [0.25, 0.3) is 11.4 Å². The van der Waals surface area contributed by atoms with Gasteiger partial charge in [0.1, 0.15) is 11.5 Å². The number of alkyl halides is 6. The van der Waals surface area contributed by atoms with E-state index in [1.807, 2.05) is 18.2 Å². The smallest absolute Gasteiger partial charge is 0.406 e. The molecule has 0 unspecified atom stereocenters. The van der Waals surface area contributed by atoms with Crippen molar-refractivity contribution >= 4 is 45.8 Å². The zero-order chi connectivity index (χ0) is 37.0. The van der Waals surface area contributed by atoms with Gasteiger partial charge in [-0.25, -0.2) is 9.36 Å². The number of ether oxygens (including phenoxy) is 2. The summed E-state index contributed by atoms with van der Waals surface area (Å²) >= 11 is 13.6. The van der Waals surface area contributed by atoms with Crippen molar-refractivity contribution in [2.45, 2.75) is 12.7 Å². The van der Waals surface area contributed by atoms with E-state index < -0.39 is 12.7 Å². The van der Waals surface area contributed by atoms with Gasteiger partial charge in [-0.3, -0.25) is 0 Å². The second kappa shape index (κ2) is 17.7. The molecule has 0 saturated carbocycles. The van der Waals surface area contributed by atoms with Crippen molar-refractivity contribution in [3.05, 3.63) is 152 Å². The van der Waals surface area contributed by atoms with E-state index in [1.165, 1.54) is 53.2 Å². The van der Waals surface area contributed by atoms with Crippen LogP contribution in [0.15, 0.2) is 122 Å². The fraction of sp³-hybridized carbons (Fsp3) is 0.0556. The minimum Gasteiger partial charge on any atom is -0.406 e. The van der Waals surface area contributed by atoms with E-state index in [0.29, 0.717) is 27.0 Å². The normalized spacial score (nSPS) is 10.7. The third kappa shape index (κ3) is 13.6. The molecule has 6 nitrogen and oxygen atoms in total. The molecule has 4 aromatic carbocycles. The molecule has 0 bridgehead atoms. The molecule has 0 spiro atoms. The lowest BCUT2D eigenvalue weighted by atomic mass is 10.2. The average Bonchev–Trinajstić information content (AvgIpc) is 3.73. The third-order valence-electron chi connectivity index (χ3n) is 5.97. The lowest BCUT2D eigenvalue weighted by Crippen LogP contribution is -2.17. The highest BCUT2D eigenvalue weighted by Crippen LogP contribution is 2.25. The molecule has 260 valence electrons. The molecule has 0 fully saturated rings. The number of benzene rings is 4. The van der Waals surface area contributed by atoms with Gasteiger partial charge < -0.3 is 9.47 Å². The van der Waals surface area contributed by atoms with E-state index >= 15 is 0 Å². The maximum atomic E-state index is 12.2. The summed E-state index contributed by atoms with van der Waals surface area (Å²) in [6, 6.07) is 25.3. The highest BCUT2D eigenvalue weighted by molar-refractivity contribution is 14.1.